The zero-order valence-electron chi connectivity index (χ0n) is 17.5. The van der Waals surface area contributed by atoms with Gasteiger partial charge in [0.1, 0.15) is 0 Å². The second-order valence-corrected chi connectivity index (χ2v) is 10.5. The molecule has 31 heavy (non-hydrogen) atoms. The van der Waals surface area contributed by atoms with Crippen LogP contribution in [0.4, 0.5) is 5.69 Å². The third-order valence-electron chi connectivity index (χ3n) is 6.12. The van der Waals surface area contributed by atoms with Crippen molar-refractivity contribution in [1.29, 1.82) is 0 Å². The van der Waals surface area contributed by atoms with E-state index in [1.807, 2.05) is 32.0 Å². The lowest BCUT2D eigenvalue weighted by Crippen LogP contribution is -3.19. The maximum absolute atomic E-state index is 13.2. The molecule has 2 aromatic rings. The highest BCUT2D eigenvalue weighted by Gasteiger charge is 2.47. The van der Waals surface area contributed by atoms with Crippen LogP contribution < -0.4 is 9.80 Å². The number of sulfonamides is 1. The molecule has 164 valence electrons. The molecule has 0 aliphatic carbocycles. The van der Waals surface area contributed by atoms with Crippen LogP contribution in [0.2, 0.25) is 5.02 Å². The maximum Gasteiger partial charge on any atom is 0.292 e. The predicted molar refractivity (Wildman–Crippen MR) is 118 cm³/mol. The number of aryl methyl sites for hydroxylation is 2. The Morgan fingerprint density at radius 1 is 0.968 bits per heavy atom. The van der Waals surface area contributed by atoms with Crippen LogP contribution >= 0.6 is 11.6 Å². The molecule has 0 saturated carbocycles. The smallest absolute Gasteiger partial charge is 0.292 e. The molecule has 1 atom stereocenters. The molecule has 0 bridgehead atoms. The van der Waals surface area contributed by atoms with E-state index in [2.05, 4.69) is 0 Å². The highest BCUT2D eigenvalue weighted by molar-refractivity contribution is 7.89. The van der Waals surface area contributed by atoms with Gasteiger partial charge in [0.2, 0.25) is 15.9 Å². The fraction of sp³-hybridized carbons (Fsp3) is 0.364. The van der Waals surface area contributed by atoms with Crippen molar-refractivity contribution in [2.24, 2.45) is 0 Å². The minimum absolute atomic E-state index is 0.145. The average Bonchev–Trinajstić information content (AvgIpc) is 3.03. The third-order valence-corrected chi connectivity index (χ3v) is 8.28. The molecule has 2 aromatic carbocycles. The Balaban J connectivity index is 1.48. The summed E-state index contributed by atoms with van der Waals surface area (Å²) in [6.07, 6.45) is 0.145. The van der Waals surface area contributed by atoms with Crippen molar-refractivity contribution in [2.75, 3.05) is 31.1 Å². The summed E-state index contributed by atoms with van der Waals surface area (Å²) in [5.74, 6) is -0.400. The van der Waals surface area contributed by atoms with Gasteiger partial charge in [-0.05, 0) is 49.2 Å². The van der Waals surface area contributed by atoms with Gasteiger partial charge in [0.05, 0.1) is 43.2 Å². The average molecular weight is 463 g/mol. The van der Waals surface area contributed by atoms with Crippen molar-refractivity contribution >= 4 is 39.1 Å². The number of benzene rings is 2. The van der Waals surface area contributed by atoms with Gasteiger partial charge in [0, 0.05) is 5.02 Å². The van der Waals surface area contributed by atoms with Crippen LogP contribution in [0.5, 0.6) is 0 Å². The van der Waals surface area contributed by atoms with E-state index in [1.165, 1.54) is 21.3 Å². The summed E-state index contributed by atoms with van der Waals surface area (Å²) >= 11 is 5.87. The Labute approximate surface area is 187 Å². The SMILES string of the molecule is Cc1cccc(C)c1N1C(=O)C[C@@H]([NH+]2CCN(S(=O)(=O)c3ccc(Cl)cc3)CC2)C1=O. The van der Waals surface area contributed by atoms with Crippen LogP contribution in [0, 0.1) is 13.8 Å². The Morgan fingerprint density at radius 3 is 2.13 bits per heavy atom. The largest absolute Gasteiger partial charge is 0.322 e. The van der Waals surface area contributed by atoms with Crippen molar-refractivity contribution in [3.63, 3.8) is 0 Å². The van der Waals surface area contributed by atoms with Crippen LogP contribution in [-0.2, 0) is 19.6 Å². The first-order valence-corrected chi connectivity index (χ1v) is 12.1. The Hall–Kier alpha value is -2.26. The van der Waals surface area contributed by atoms with E-state index in [0.29, 0.717) is 36.9 Å². The van der Waals surface area contributed by atoms with E-state index >= 15 is 0 Å². The molecular weight excluding hydrogens is 438 g/mol. The first kappa shape index (κ1) is 22.0. The number of hydrogen-bond donors (Lipinski definition) is 1. The van der Waals surface area contributed by atoms with Gasteiger partial charge in [0.25, 0.3) is 5.91 Å². The first-order chi connectivity index (χ1) is 14.7. The second kappa shape index (κ2) is 8.35. The van der Waals surface area contributed by atoms with Crippen molar-refractivity contribution in [2.45, 2.75) is 31.2 Å². The summed E-state index contributed by atoms with van der Waals surface area (Å²) < 4.78 is 27.2. The Kier molecular flexibility index (Phi) is 5.91. The molecule has 7 nitrogen and oxygen atoms in total. The highest BCUT2D eigenvalue weighted by atomic mass is 35.5. The van der Waals surface area contributed by atoms with Gasteiger partial charge in [0.15, 0.2) is 6.04 Å². The molecule has 2 fully saturated rings. The van der Waals surface area contributed by atoms with Gasteiger partial charge in [-0.25, -0.2) is 13.3 Å². The van der Waals surface area contributed by atoms with Crippen LogP contribution in [0.15, 0.2) is 47.4 Å². The quantitative estimate of drug-likeness (QED) is 0.692. The fourth-order valence-electron chi connectivity index (χ4n) is 4.46. The van der Waals surface area contributed by atoms with Crippen LogP contribution in [0.25, 0.3) is 0 Å². The summed E-state index contributed by atoms with van der Waals surface area (Å²) in [7, 11) is -3.62. The molecule has 2 saturated heterocycles. The number of nitrogens with zero attached hydrogens (tertiary/aromatic N) is 2. The molecule has 0 aromatic heterocycles. The zero-order chi connectivity index (χ0) is 22.3. The number of carbonyl (C=O) groups excluding carboxylic acids is 2. The van der Waals surface area contributed by atoms with Gasteiger partial charge >= 0.3 is 0 Å². The van der Waals surface area contributed by atoms with Gasteiger partial charge in [-0.1, -0.05) is 29.8 Å². The lowest BCUT2D eigenvalue weighted by atomic mass is 10.1. The molecule has 2 amide bonds. The molecular formula is C22H25ClN3O4S+. The Morgan fingerprint density at radius 2 is 1.55 bits per heavy atom. The number of para-hydroxylation sites is 1. The number of rotatable bonds is 4. The summed E-state index contributed by atoms with van der Waals surface area (Å²) in [5, 5.41) is 0.478. The maximum atomic E-state index is 13.2. The van der Waals surface area contributed by atoms with E-state index in [1.54, 1.807) is 12.1 Å². The number of quaternary nitrogens is 1. The lowest BCUT2D eigenvalue weighted by Gasteiger charge is -2.33. The first-order valence-electron chi connectivity index (χ1n) is 10.2. The van der Waals surface area contributed by atoms with Crippen molar-refractivity contribution in [3.8, 4) is 0 Å². The number of hydrogen-bond acceptors (Lipinski definition) is 4. The number of piperazine rings is 1. The van der Waals surface area contributed by atoms with E-state index in [4.69, 9.17) is 11.6 Å². The van der Waals surface area contributed by atoms with E-state index in [0.717, 1.165) is 16.0 Å². The topological polar surface area (TPSA) is 79.2 Å². The normalized spacial score (nSPS) is 21.1. The van der Waals surface area contributed by atoms with Gasteiger partial charge in [-0.2, -0.15) is 4.31 Å². The summed E-state index contributed by atoms with van der Waals surface area (Å²) in [4.78, 5) is 28.4. The Bertz CT molecular complexity index is 1110. The van der Waals surface area contributed by atoms with E-state index in [9.17, 15) is 18.0 Å². The summed E-state index contributed by atoms with van der Waals surface area (Å²) in [6.45, 7) is 5.31. The zero-order valence-corrected chi connectivity index (χ0v) is 19.0. The number of anilines is 1. The third kappa shape index (κ3) is 4.01. The molecule has 4 rings (SSSR count). The van der Waals surface area contributed by atoms with Crippen LogP contribution in [0.3, 0.4) is 0 Å². The van der Waals surface area contributed by atoms with Crippen LogP contribution in [0.1, 0.15) is 17.5 Å². The van der Waals surface area contributed by atoms with Crippen LogP contribution in [-0.4, -0.2) is 56.8 Å². The second-order valence-electron chi connectivity index (χ2n) is 8.08. The molecule has 2 aliphatic heterocycles. The number of imide groups is 1. The van der Waals surface area contributed by atoms with Crippen molar-refractivity contribution < 1.29 is 22.9 Å². The number of amides is 2. The van der Waals surface area contributed by atoms with Gasteiger partial charge in [-0.15, -0.1) is 0 Å². The molecule has 1 N–H and O–H groups in total. The minimum Gasteiger partial charge on any atom is -0.322 e. The molecule has 0 spiro atoms. The van der Waals surface area contributed by atoms with Crippen molar-refractivity contribution in [3.05, 3.63) is 58.6 Å². The minimum atomic E-state index is -3.62. The summed E-state index contributed by atoms with van der Waals surface area (Å²) in [6, 6.07) is 11.3. The fourth-order valence-corrected chi connectivity index (χ4v) is 6.03. The highest BCUT2D eigenvalue weighted by Crippen LogP contribution is 2.29. The lowest BCUT2D eigenvalue weighted by molar-refractivity contribution is -0.918. The molecule has 2 heterocycles. The summed E-state index contributed by atoms with van der Waals surface area (Å²) in [5.41, 5.74) is 2.44. The van der Waals surface area contributed by atoms with E-state index in [-0.39, 0.29) is 23.1 Å². The number of halogens is 1. The standard InChI is InChI=1S/C22H24ClN3O4S/c1-15-4-3-5-16(2)21(15)26-20(27)14-19(22(26)28)24-10-12-25(13-11-24)31(29,30)18-8-6-17(23)7-9-18/h3-9,19H,10-14H2,1-2H3/p+1/t19-/m1/s1. The van der Waals surface area contributed by atoms with Gasteiger partial charge in [-0.3, -0.25) is 9.59 Å². The molecule has 0 radical (unpaired) electrons. The monoisotopic (exact) mass is 462 g/mol. The molecule has 2 aliphatic rings. The number of carbonyl (C=O) groups is 2. The molecule has 9 heteroatoms. The molecule has 0 unspecified atom stereocenters. The number of nitrogens with one attached hydrogen (secondary N) is 1. The van der Waals surface area contributed by atoms with E-state index < -0.39 is 16.1 Å². The van der Waals surface area contributed by atoms with Crippen molar-refractivity contribution in [1.82, 2.24) is 4.31 Å². The van der Waals surface area contributed by atoms with Gasteiger partial charge < -0.3 is 4.90 Å². The predicted octanol–water partition coefficient (Wildman–Crippen LogP) is 1.18.